The number of carboxylic acid groups (broad SMARTS) is 1. The Morgan fingerprint density at radius 1 is 1.44 bits per heavy atom. The van der Waals surface area contributed by atoms with Gasteiger partial charge in [0.2, 0.25) is 0 Å². The van der Waals surface area contributed by atoms with Crippen molar-refractivity contribution in [2.24, 2.45) is 0 Å². The number of carbonyl (C=O) groups is 1. The molecule has 1 aromatic heterocycles. The van der Waals surface area contributed by atoms with E-state index in [2.05, 4.69) is 16.8 Å². The van der Waals surface area contributed by atoms with Gasteiger partial charge in [-0.25, -0.2) is 4.79 Å². The van der Waals surface area contributed by atoms with Crippen molar-refractivity contribution < 1.29 is 9.90 Å². The average molecular weight is 240 g/mol. The summed E-state index contributed by atoms with van der Waals surface area (Å²) in [6, 6.07) is 1.78. The summed E-state index contributed by atoms with van der Waals surface area (Å²) in [4.78, 5) is 15.9. The molecular weight excluding hydrogens is 224 g/mol. The van der Waals surface area contributed by atoms with Crippen LogP contribution in [0.1, 0.15) is 15.2 Å². The second-order valence-electron chi connectivity index (χ2n) is 4.20. The Morgan fingerprint density at radius 3 is 2.69 bits per heavy atom. The Bertz CT molecular complexity index is 370. The van der Waals surface area contributed by atoms with Gasteiger partial charge in [-0.3, -0.25) is 4.90 Å². The molecule has 0 saturated carbocycles. The molecule has 0 aromatic carbocycles. The van der Waals surface area contributed by atoms with Gasteiger partial charge in [-0.2, -0.15) is 0 Å². The van der Waals surface area contributed by atoms with Crippen LogP contribution >= 0.6 is 11.3 Å². The van der Waals surface area contributed by atoms with E-state index in [0.717, 1.165) is 38.3 Å². The molecule has 16 heavy (non-hydrogen) atoms. The number of carboxylic acids is 1. The van der Waals surface area contributed by atoms with E-state index in [-0.39, 0.29) is 0 Å². The van der Waals surface area contributed by atoms with Gasteiger partial charge in [0, 0.05) is 32.7 Å². The van der Waals surface area contributed by atoms with Crippen LogP contribution in [-0.4, -0.2) is 54.1 Å². The molecule has 88 valence electrons. The number of piperazine rings is 1. The van der Waals surface area contributed by atoms with Gasteiger partial charge in [-0.05, 0) is 24.1 Å². The average Bonchev–Trinajstić information content (AvgIpc) is 2.70. The monoisotopic (exact) mass is 240 g/mol. The Morgan fingerprint density at radius 2 is 2.12 bits per heavy atom. The van der Waals surface area contributed by atoms with E-state index in [9.17, 15) is 4.79 Å². The first-order valence-corrected chi connectivity index (χ1v) is 6.25. The molecular formula is C11H16N2O2S. The number of nitrogens with zero attached hydrogens (tertiary/aromatic N) is 2. The summed E-state index contributed by atoms with van der Waals surface area (Å²) in [5, 5.41) is 10.8. The highest BCUT2D eigenvalue weighted by molar-refractivity contribution is 7.12. The van der Waals surface area contributed by atoms with Crippen LogP contribution < -0.4 is 0 Å². The Hall–Kier alpha value is -0.910. The lowest BCUT2D eigenvalue weighted by molar-refractivity contribution is 0.0702. The molecule has 1 aliphatic rings. The fourth-order valence-electron chi connectivity index (χ4n) is 1.83. The molecule has 0 unspecified atom stereocenters. The summed E-state index contributed by atoms with van der Waals surface area (Å²) in [6.45, 7) is 5.19. The molecule has 0 amide bonds. The zero-order valence-electron chi connectivity index (χ0n) is 9.35. The van der Waals surface area contributed by atoms with Gasteiger partial charge in [0.05, 0.1) is 0 Å². The van der Waals surface area contributed by atoms with Crippen molar-refractivity contribution in [2.45, 2.75) is 6.54 Å². The summed E-state index contributed by atoms with van der Waals surface area (Å²) in [6.07, 6.45) is 0. The van der Waals surface area contributed by atoms with E-state index in [0.29, 0.717) is 4.88 Å². The van der Waals surface area contributed by atoms with Gasteiger partial charge < -0.3 is 10.0 Å². The van der Waals surface area contributed by atoms with Crippen molar-refractivity contribution in [2.75, 3.05) is 33.2 Å². The summed E-state index contributed by atoms with van der Waals surface area (Å²) in [7, 11) is 2.13. The van der Waals surface area contributed by atoms with Crippen LogP contribution in [-0.2, 0) is 6.54 Å². The third-order valence-electron chi connectivity index (χ3n) is 2.87. The standard InChI is InChI=1S/C11H16N2O2S/c1-12-2-4-13(5-3-12)7-9-6-10(11(14)15)16-8-9/h6,8H,2-5,7H2,1H3,(H,14,15). The van der Waals surface area contributed by atoms with Gasteiger partial charge in [0.25, 0.3) is 0 Å². The number of rotatable bonds is 3. The van der Waals surface area contributed by atoms with Crippen molar-refractivity contribution >= 4 is 17.3 Å². The van der Waals surface area contributed by atoms with Crippen molar-refractivity contribution in [1.29, 1.82) is 0 Å². The summed E-state index contributed by atoms with van der Waals surface area (Å²) in [5.41, 5.74) is 1.12. The number of hydrogen-bond donors (Lipinski definition) is 1. The molecule has 4 nitrogen and oxygen atoms in total. The third-order valence-corrected chi connectivity index (χ3v) is 3.83. The van der Waals surface area contributed by atoms with Crippen LogP contribution in [0.5, 0.6) is 0 Å². The molecule has 1 fully saturated rings. The second-order valence-corrected chi connectivity index (χ2v) is 5.12. The number of likely N-dealkylation sites (N-methyl/N-ethyl adjacent to an activating group) is 1. The third kappa shape index (κ3) is 2.81. The minimum absolute atomic E-state index is 0.434. The summed E-state index contributed by atoms with van der Waals surface area (Å²) < 4.78 is 0. The zero-order valence-corrected chi connectivity index (χ0v) is 10.2. The lowest BCUT2D eigenvalue weighted by Gasteiger charge is -2.32. The SMILES string of the molecule is CN1CCN(Cc2csc(C(=O)O)c2)CC1. The minimum Gasteiger partial charge on any atom is -0.477 e. The van der Waals surface area contributed by atoms with Crippen LogP contribution in [0.25, 0.3) is 0 Å². The largest absolute Gasteiger partial charge is 0.477 e. The molecule has 0 aliphatic carbocycles. The first-order valence-electron chi connectivity index (χ1n) is 5.37. The van der Waals surface area contributed by atoms with E-state index in [4.69, 9.17) is 5.11 Å². The van der Waals surface area contributed by atoms with Crippen LogP contribution in [0.15, 0.2) is 11.4 Å². The molecule has 1 aliphatic heterocycles. The van der Waals surface area contributed by atoms with Gasteiger partial charge >= 0.3 is 5.97 Å². The molecule has 2 heterocycles. The maximum absolute atomic E-state index is 10.7. The molecule has 5 heteroatoms. The van der Waals surface area contributed by atoms with Gasteiger partial charge in [-0.1, -0.05) is 0 Å². The van der Waals surface area contributed by atoms with Crippen LogP contribution in [0.3, 0.4) is 0 Å². The van der Waals surface area contributed by atoms with E-state index in [1.54, 1.807) is 6.07 Å². The van der Waals surface area contributed by atoms with Crippen molar-refractivity contribution in [1.82, 2.24) is 9.80 Å². The quantitative estimate of drug-likeness (QED) is 0.862. The van der Waals surface area contributed by atoms with Crippen LogP contribution in [0, 0.1) is 0 Å². The van der Waals surface area contributed by atoms with E-state index in [1.807, 2.05) is 5.38 Å². The molecule has 0 atom stereocenters. The highest BCUT2D eigenvalue weighted by Crippen LogP contribution is 2.17. The van der Waals surface area contributed by atoms with Crippen LogP contribution in [0.4, 0.5) is 0 Å². The predicted octanol–water partition coefficient (Wildman–Crippen LogP) is 1.19. The number of hydrogen-bond acceptors (Lipinski definition) is 4. The van der Waals surface area contributed by atoms with Crippen molar-refractivity contribution in [3.63, 3.8) is 0 Å². The fraction of sp³-hybridized carbons (Fsp3) is 0.545. The topological polar surface area (TPSA) is 43.8 Å². The van der Waals surface area contributed by atoms with Gasteiger partial charge in [-0.15, -0.1) is 11.3 Å². The van der Waals surface area contributed by atoms with Crippen molar-refractivity contribution in [3.05, 3.63) is 21.9 Å². The Balaban J connectivity index is 1.91. The van der Waals surface area contributed by atoms with Gasteiger partial charge in [0.15, 0.2) is 0 Å². The highest BCUT2D eigenvalue weighted by Gasteiger charge is 2.15. The molecule has 0 radical (unpaired) electrons. The lowest BCUT2D eigenvalue weighted by Crippen LogP contribution is -2.43. The van der Waals surface area contributed by atoms with E-state index >= 15 is 0 Å². The molecule has 1 aromatic rings. The first kappa shape index (κ1) is 11.6. The van der Waals surface area contributed by atoms with Gasteiger partial charge in [0.1, 0.15) is 4.88 Å². The van der Waals surface area contributed by atoms with E-state index in [1.165, 1.54) is 11.3 Å². The first-order chi connectivity index (χ1) is 7.65. The number of thiophene rings is 1. The predicted molar refractivity (Wildman–Crippen MR) is 64.1 cm³/mol. The summed E-state index contributed by atoms with van der Waals surface area (Å²) in [5.74, 6) is -0.824. The maximum Gasteiger partial charge on any atom is 0.345 e. The lowest BCUT2D eigenvalue weighted by atomic mass is 10.2. The molecule has 0 spiro atoms. The highest BCUT2D eigenvalue weighted by atomic mass is 32.1. The normalized spacial score (nSPS) is 18.8. The molecule has 1 saturated heterocycles. The molecule has 0 bridgehead atoms. The minimum atomic E-state index is -0.824. The number of aromatic carboxylic acids is 1. The molecule has 1 N–H and O–H groups in total. The molecule has 2 rings (SSSR count). The van der Waals surface area contributed by atoms with E-state index < -0.39 is 5.97 Å². The van der Waals surface area contributed by atoms with Crippen molar-refractivity contribution in [3.8, 4) is 0 Å². The fourth-order valence-corrected chi connectivity index (χ4v) is 2.58. The Labute approximate surface area is 99.1 Å². The zero-order chi connectivity index (χ0) is 11.5. The second kappa shape index (κ2) is 4.95. The summed E-state index contributed by atoms with van der Waals surface area (Å²) >= 11 is 1.31. The maximum atomic E-state index is 10.7. The smallest absolute Gasteiger partial charge is 0.345 e. The van der Waals surface area contributed by atoms with Crippen LogP contribution in [0.2, 0.25) is 0 Å². The Kier molecular flexibility index (Phi) is 3.58.